The molecule has 1 saturated heterocycles. The zero-order valence-electron chi connectivity index (χ0n) is 16.8. The van der Waals surface area contributed by atoms with Gasteiger partial charge < -0.3 is 10.6 Å². The van der Waals surface area contributed by atoms with Crippen LogP contribution in [0.4, 0.5) is 0 Å². The van der Waals surface area contributed by atoms with Crippen LogP contribution >= 0.6 is 47.1 Å². The summed E-state index contributed by atoms with van der Waals surface area (Å²) in [6.45, 7) is 8.59. The van der Waals surface area contributed by atoms with Gasteiger partial charge in [0.05, 0.1) is 10.7 Å². The average Bonchev–Trinajstić information content (AvgIpc) is 3.26. The lowest BCUT2D eigenvalue weighted by Gasteiger charge is -2.43. The number of hydrogen-bond donors (Lipinski definition) is 2. The maximum Gasteiger partial charge on any atom is 0.191 e. The topological polar surface area (TPSA) is 52.6 Å². The Hall–Kier alpha value is -0.0600. The van der Waals surface area contributed by atoms with Crippen LogP contribution in [0.5, 0.6) is 0 Å². The summed E-state index contributed by atoms with van der Waals surface area (Å²) in [7, 11) is 1.87. The van der Waals surface area contributed by atoms with E-state index in [1.165, 1.54) is 60.2 Å². The molecule has 1 aliphatic heterocycles. The SMILES string of the molecule is CN=C(NCCc1nc(C)c(C)s1)NCC1(N2CCSCC2)CCCC1.I. The highest BCUT2D eigenvalue weighted by atomic mass is 127. The van der Waals surface area contributed by atoms with Gasteiger partial charge in [0, 0.05) is 61.6 Å². The van der Waals surface area contributed by atoms with Crippen LogP contribution in [0.1, 0.15) is 41.3 Å². The fourth-order valence-electron chi connectivity index (χ4n) is 4.08. The number of aliphatic imine (C=N–C) groups is 1. The summed E-state index contributed by atoms with van der Waals surface area (Å²) >= 11 is 3.90. The third-order valence-corrected chi connectivity index (χ3v) is 7.80. The molecule has 1 aromatic rings. The minimum Gasteiger partial charge on any atom is -0.356 e. The maximum atomic E-state index is 4.62. The Kier molecular flexibility index (Phi) is 9.64. The molecule has 0 amide bonds. The Morgan fingerprint density at radius 1 is 1.19 bits per heavy atom. The van der Waals surface area contributed by atoms with Gasteiger partial charge >= 0.3 is 0 Å². The second-order valence-electron chi connectivity index (χ2n) is 7.38. The van der Waals surface area contributed by atoms with Crippen molar-refractivity contribution >= 4 is 53.0 Å². The summed E-state index contributed by atoms with van der Waals surface area (Å²) in [6, 6.07) is 0. The van der Waals surface area contributed by atoms with E-state index < -0.39 is 0 Å². The Bertz CT molecular complexity index is 588. The molecule has 0 unspecified atom stereocenters. The number of nitrogens with one attached hydrogen (secondary N) is 2. The lowest BCUT2D eigenvalue weighted by Crippen LogP contribution is -2.57. The Morgan fingerprint density at radius 2 is 1.89 bits per heavy atom. The molecule has 2 N–H and O–H groups in total. The molecule has 154 valence electrons. The molecule has 1 aliphatic carbocycles. The number of thiazole rings is 1. The molecule has 0 radical (unpaired) electrons. The first kappa shape index (κ1) is 23.2. The first-order chi connectivity index (χ1) is 12.6. The van der Waals surface area contributed by atoms with E-state index in [0.717, 1.165) is 31.2 Å². The number of aromatic nitrogens is 1. The molecule has 27 heavy (non-hydrogen) atoms. The van der Waals surface area contributed by atoms with Crippen molar-refractivity contribution in [2.24, 2.45) is 4.99 Å². The van der Waals surface area contributed by atoms with E-state index in [1.54, 1.807) is 11.3 Å². The fourth-order valence-corrected chi connectivity index (χ4v) is 5.91. The van der Waals surface area contributed by atoms with Crippen LogP contribution in [-0.4, -0.2) is 66.1 Å². The van der Waals surface area contributed by atoms with Gasteiger partial charge in [0.2, 0.25) is 0 Å². The second kappa shape index (κ2) is 11.2. The zero-order chi connectivity index (χ0) is 18.4. The molecule has 8 heteroatoms. The lowest BCUT2D eigenvalue weighted by molar-refractivity contribution is 0.107. The van der Waals surface area contributed by atoms with Crippen LogP contribution in [0.2, 0.25) is 0 Å². The van der Waals surface area contributed by atoms with Crippen LogP contribution in [0, 0.1) is 13.8 Å². The van der Waals surface area contributed by atoms with Crippen molar-refractivity contribution in [3.8, 4) is 0 Å². The van der Waals surface area contributed by atoms with E-state index in [4.69, 9.17) is 0 Å². The van der Waals surface area contributed by atoms with E-state index in [0.29, 0.717) is 5.54 Å². The summed E-state index contributed by atoms with van der Waals surface area (Å²) in [5.74, 6) is 3.48. The van der Waals surface area contributed by atoms with Gasteiger partial charge in [-0.25, -0.2) is 4.98 Å². The van der Waals surface area contributed by atoms with E-state index in [1.807, 2.05) is 7.05 Å². The molecule has 0 bridgehead atoms. The number of halogens is 1. The minimum atomic E-state index is 0. The Morgan fingerprint density at radius 3 is 2.48 bits per heavy atom. The van der Waals surface area contributed by atoms with Crippen molar-refractivity contribution in [2.75, 3.05) is 44.7 Å². The van der Waals surface area contributed by atoms with Gasteiger partial charge in [-0.3, -0.25) is 9.89 Å². The summed E-state index contributed by atoms with van der Waals surface area (Å²) in [6.07, 6.45) is 6.31. The van der Waals surface area contributed by atoms with E-state index >= 15 is 0 Å². The molecule has 3 rings (SSSR count). The standard InChI is InChI=1S/C19H33N5S2.HI/c1-15-16(2)26-17(23-15)6-9-21-18(20-3)22-14-19(7-4-5-8-19)24-10-12-25-13-11-24;/h4-14H2,1-3H3,(H2,20,21,22);1H. The van der Waals surface area contributed by atoms with Crippen molar-refractivity contribution in [2.45, 2.75) is 51.5 Å². The molecule has 2 heterocycles. The highest BCUT2D eigenvalue weighted by Crippen LogP contribution is 2.36. The molecule has 5 nitrogen and oxygen atoms in total. The van der Waals surface area contributed by atoms with Crippen LogP contribution in [0.15, 0.2) is 4.99 Å². The molecular weight excluding hydrogens is 489 g/mol. The van der Waals surface area contributed by atoms with Gasteiger partial charge in [0.25, 0.3) is 0 Å². The van der Waals surface area contributed by atoms with Crippen molar-refractivity contribution in [3.63, 3.8) is 0 Å². The first-order valence-corrected chi connectivity index (χ1v) is 11.8. The molecule has 0 aromatic carbocycles. The maximum absolute atomic E-state index is 4.62. The van der Waals surface area contributed by atoms with Crippen molar-refractivity contribution in [1.82, 2.24) is 20.5 Å². The Balaban J connectivity index is 0.00000261. The van der Waals surface area contributed by atoms with Crippen LogP contribution < -0.4 is 10.6 Å². The second-order valence-corrected chi connectivity index (χ2v) is 9.90. The third-order valence-electron chi connectivity index (χ3n) is 5.73. The smallest absolute Gasteiger partial charge is 0.191 e. The van der Waals surface area contributed by atoms with E-state index in [-0.39, 0.29) is 24.0 Å². The molecule has 2 fully saturated rings. The van der Waals surface area contributed by atoms with Crippen molar-refractivity contribution in [1.29, 1.82) is 0 Å². The number of hydrogen-bond acceptors (Lipinski definition) is 5. The number of aryl methyl sites for hydroxylation is 2. The summed E-state index contributed by atoms with van der Waals surface area (Å²) in [5, 5.41) is 8.31. The molecule has 0 atom stereocenters. The van der Waals surface area contributed by atoms with Crippen molar-refractivity contribution < 1.29 is 0 Å². The molecule has 1 saturated carbocycles. The quantitative estimate of drug-likeness (QED) is 0.340. The highest BCUT2D eigenvalue weighted by molar-refractivity contribution is 14.0. The summed E-state index contributed by atoms with van der Waals surface area (Å²) in [4.78, 5) is 13.1. The minimum absolute atomic E-state index is 0. The number of rotatable bonds is 6. The van der Waals surface area contributed by atoms with E-state index in [9.17, 15) is 0 Å². The molecule has 2 aliphatic rings. The Labute approximate surface area is 189 Å². The average molecular weight is 524 g/mol. The summed E-state index contributed by atoms with van der Waals surface area (Å²) in [5.41, 5.74) is 1.50. The molecular formula is C19H34IN5S2. The molecule has 0 spiro atoms. The van der Waals surface area contributed by atoms with Crippen LogP contribution in [0.25, 0.3) is 0 Å². The molecule has 1 aromatic heterocycles. The van der Waals surface area contributed by atoms with Gasteiger partial charge in [-0.2, -0.15) is 11.8 Å². The normalized spacial score (nSPS) is 20.3. The first-order valence-electron chi connectivity index (χ1n) is 9.83. The third kappa shape index (κ3) is 6.21. The van der Waals surface area contributed by atoms with Gasteiger partial charge in [-0.15, -0.1) is 35.3 Å². The van der Waals surface area contributed by atoms with Crippen LogP contribution in [-0.2, 0) is 6.42 Å². The zero-order valence-corrected chi connectivity index (χ0v) is 20.8. The van der Waals surface area contributed by atoms with Crippen LogP contribution in [0.3, 0.4) is 0 Å². The summed E-state index contributed by atoms with van der Waals surface area (Å²) < 4.78 is 0. The largest absolute Gasteiger partial charge is 0.356 e. The van der Waals surface area contributed by atoms with Gasteiger partial charge in [0.1, 0.15) is 0 Å². The number of guanidine groups is 1. The monoisotopic (exact) mass is 523 g/mol. The van der Waals surface area contributed by atoms with Gasteiger partial charge in [0.15, 0.2) is 5.96 Å². The lowest BCUT2D eigenvalue weighted by atomic mass is 9.94. The fraction of sp³-hybridized carbons (Fsp3) is 0.789. The number of thioether (sulfide) groups is 1. The van der Waals surface area contributed by atoms with E-state index in [2.05, 4.69) is 51.1 Å². The highest BCUT2D eigenvalue weighted by Gasteiger charge is 2.39. The predicted octanol–water partition coefficient (Wildman–Crippen LogP) is 3.45. The van der Waals surface area contributed by atoms with Crippen molar-refractivity contribution in [3.05, 3.63) is 15.6 Å². The predicted molar refractivity (Wildman–Crippen MR) is 130 cm³/mol. The van der Waals surface area contributed by atoms with Gasteiger partial charge in [-0.1, -0.05) is 12.8 Å². The van der Waals surface area contributed by atoms with Gasteiger partial charge in [-0.05, 0) is 26.7 Å². The number of nitrogens with zero attached hydrogens (tertiary/aromatic N) is 3.